The van der Waals surface area contributed by atoms with Crippen LogP contribution >= 0.6 is 33.9 Å². The maximum absolute atomic E-state index is 13.0. The van der Waals surface area contributed by atoms with Crippen molar-refractivity contribution in [3.63, 3.8) is 0 Å². The highest BCUT2D eigenvalue weighted by Crippen LogP contribution is 2.28. The van der Waals surface area contributed by atoms with Gasteiger partial charge in [-0.3, -0.25) is 10.1 Å². The Morgan fingerprint density at radius 1 is 1.06 bits per heavy atom. The van der Waals surface area contributed by atoms with Crippen molar-refractivity contribution in [1.82, 2.24) is 9.29 Å². The van der Waals surface area contributed by atoms with Crippen LogP contribution in [0.3, 0.4) is 0 Å². The van der Waals surface area contributed by atoms with Crippen LogP contribution in [0.5, 0.6) is 0 Å². The van der Waals surface area contributed by atoms with Gasteiger partial charge in [-0.1, -0.05) is 26.0 Å². The molecule has 4 rings (SSSR count). The van der Waals surface area contributed by atoms with E-state index in [9.17, 15) is 13.2 Å². The summed E-state index contributed by atoms with van der Waals surface area (Å²) in [5.74, 6) is 0.347. The summed E-state index contributed by atoms with van der Waals surface area (Å²) in [6, 6.07) is 14.1. The van der Waals surface area contributed by atoms with Gasteiger partial charge in [-0.25, -0.2) is 13.4 Å². The topological polar surface area (TPSA) is 79.4 Å². The first-order valence-electron chi connectivity index (χ1n) is 10.4. The molecule has 0 saturated carbocycles. The van der Waals surface area contributed by atoms with Gasteiger partial charge < -0.3 is 0 Å². The Balaban J connectivity index is 1.45. The van der Waals surface area contributed by atoms with E-state index in [2.05, 4.69) is 46.7 Å². The molecule has 1 amide bonds. The fourth-order valence-electron chi connectivity index (χ4n) is 3.98. The van der Waals surface area contributed by atoms with Crippen molar-refractivity contribution < 1.29 is 13.2 Å². The summed E-state index contributed by atoms with van der Waals surface area (Å²) in [7, 11) is -3.57. The van der Waals surface area contributed by atoms with E-state index in [1.807, 2.05) is 29.6 Å². The molecule has 0 radical (unpaired) electrons. The van der Waals surface area contributed by atoms with Crippen molar-refractivity contribution in [2.24, 2.45) is 11.8 Å². The number of amides is 1. The molecule has 2 atom stereocenters. The van der Waals surface area contributed by atoms with Crippen molar-refractivity contribution >= 4 is 55.0 Å². The quantitative estimate of drug-likeness (QED) is 0.413. The SMILES string of the molecule is C[C@@H]1C[C@@H](C)CN(S(=O)(=O)c2ccc(C(=O)Nc3nc(-c4ccc(I)cc4)cs3)cc2)C1. The first kappa shape index (κ1) is 23.3. The van der Waals surface area contributed by atoms with E-state index in [4.69, 9.17) is 0 Å². The monoisotopic (exact) mass is 581 g/mol. The number of thiazole rings is 1. The fraction of sp³-hybridized carbons (Fsp3) is 0.304. The first-order chi connectivity index (χ1) is 15.2. The summed E-state index contributed by atoms with van der Waals surface area (Å²) in [6.07, 6.45) is 1.03. The number of aromatic nitrogens is 1. The summed E-state index contributed by atoms with van der Waals surface area (Å²) in [5.41, 5.74) is 2.17. The maximum Gasteiger partial charge on any atom is 0.257 e. The number of sulfonamides is 1. The van der Waals surface area contributed by atoms with Crippen LogP contribution in [0.1, 0.15) is 30.6 Å². The van der Waals surface area contributed by atoms with E-state index in [-0.39, 0.29) is 10.8 Å². The lowest BCUT2D eigenvalue weighted by Crippen LogP contribution is -2.42. The molecule has 3 aromatic rings. The number of hydrogen-bond donors (Lipinski definition) is 1. The average Bonchev–Trinajstić information content (AvgIpc) is 3.22. The molecule has 2 heterocycles. The lowest BCUT2D eigenvalue weighted by Gasteiger charge is -2.34. The highest BCUT2D eigenvalue weighted by Gasteiger charge is 2.31. The van der Waals surface area contributed by atoms with Crippen molar-refractivity contribution in [2.45, 2.75) is 25.2 Å². The summed E-state index contributed by atoms with van der Waals surface area (Å²) in [5, 5.41) is 5.19. The number of carbonyl (C=O) groups excluding carboxylic acids is 1. The first-order valence-corrected chi connectivity index (χ1v) is 13.8. The number of anilines is 1. The number of rotatable bonds is 5. The van der Waals surface area contributed by atoms with Crippen LogP contribution in [0.4, 0.5) is 5.13 Å². The molecule has 1 fully saturated rings. The van der Waals surface area contributed by atoms with E-state index in [0.29, 0.717) is 35.6 Å². The third kappa shape index (κ3) is 5.22. The summed E-state index contributed by atoms with van der Waals surface area (Å²) in [4.78, 5) is 17.4. The summed E-state index contributed by atoms with van der Waals surface area (Å²) in [6.45, 7) is 5.21. The predicted octanol–water partition coefficient (Wildman–Crippen LogP) is 5.33. The molecule has 32 heavy (non-hydrogen) atoms. The Morgan fingerprint density at radius 2 is 1.69 bits per heavy atom. The molecule has 0 unspecified atom stereocenters. The molecular formula is C23H24IN3O3S2. The van der Waals surface area contributed by atoms with Crippen molar-refractivity contribution in [3.05, 3.63) is 63.0 Å². The third-order valence-corrected chi connectivity index (χ3v) is 8.78. The van der Waals surface area contributed by atoms with Gasteiger partial charge in [0.1, 0.15) is 0 Å². The molecule has 6 nitrogen and oxygen atoms in total. The van der Waals surface area contributed by atoms with Crippen LogP contribution in [0, 0.1) is 15.4 Å². The van der Waals surface area contributed by atoms with Gasteiger partial charge >= 0.3 is 0 Å². The molecule has 2 aromatic carbocycles. The van der Waals surface area contributed by atoms with Gasteiger partial charge in [0.05, 0.1) is 10.6 Å². The van der Waals surface area contributed by atoms with Gasteiger partial charge in [-0.15, -0.1) is 11.3 Å². The zero-order valence-corrected chi connectivity index (χ0v) is 21.6. The minimum absolute atomic E-state index is 0.214. The van der Waals surface area contributed by atoms with E-state index < -0.39 is 10.0 Å². The summed E-state index contributed by atoms with van der Waals surface area (Å²) >= 11 is 3.60. The molecule has 0 bridgehead atoms. The molecule has 1 aliphatic heterocycles. The Hall–Kier alpha value is -1.82. The second-order valence-corrected chi connectivity index (χ2v) is 12.3. The van der Waals surface area contributed by atoms with Crippen molar-refractivity contribution in [3.8, 4) is 11.3 Å². The van der Waals surface area contributed by atoms with Crippen molar-refractivity contribution in [2.75, 3.05) is 18.4 Å². The van der Waals surface area contributed by atoms with Crippen LogP contribution in [-0.2, 0) is 10.0 Å². The molecular weight excluding hydrogens is 557 g/mol. The van der Waals surface area contributed by atoms with Crippen LogP contribution in [0.25, 0.3) is 11.3 Å². The Kier molecular flexibility index (Phi) is 6.99. The zero-order valence-electron chi connectivity index (χ0n) is 17.8. The van der Waals surface area contributed by atoms with Gasteiger partial charge in [0, 0.05) is 33.2 Å². The zero-order chi connectivity index (χ0) is 22.9. The highest BCUT2D eigenvalue weighted by molar-refractivity contribution is 14.1. The molecule has 1 aliphatic rings. The van der Waals surface area contributed by atoms with E-state index in [0.717, 1.165) is 21.2 Å². The predicted molar refractivity (Wildman–Crippen MR) is 136 cm³/mol. The van der Waals surface area contributed by atoms with E-state index >= 15 is 0 Å². The minimum Gasteiger partial charge on any atom is -0.298 e. The number of benzene rings is 2. The Morgan fingerprint density at radius 3 is 2.31 bits per heavy atom. The van der Waals surface area contributed by atoms with Gasteiger partial charge in [0.2, 0.25) is 10.0 Å². The van der Waals surface area contributed by atoms with Gasteiger partial charge in [0.15, 0.2) is 5.13 Å². The molecule has 1 saturated heterocycles. The smallest absolute Gasteiger partial charge is 0.257 e. The van der Waals surface area contributed by atoms with E-state index in [1.165, 1.54) is 23.5 Å². The number of nitrogens with one attached hydrogen (secondary N) is 1. The van der Waals surface area contributed by atoms with Crippen LogP contribution in [-0.4, -0.2) is 36.7 Å². The van der Waals surface area contributed by atoms with Crippen LogP contribution in [0.2, 0.25) is 0 Å². The average molecular weight is 582 g/mol. The molecule has 168 valence electrons. The Labute approximate surface area is 206 Å². The number of halogens is 1. The van der Waals surface area contributed by atoms with Gasteiger partial charge in [-0.2, -0.15) is 4.31 Å². The molecule has 0 spiro atoms. The normalized spacial score (nSPS) is 19.6. The van der Waals surface area contributed by atoms with Crippen LogP contribution in [0.15, 0.2) is 58.8 Å². The number of hydrogen-bond acceptors (Lipinski definition) is 5. The second kappa shape index (κ2) is 9.58. The van der Waals surface area contributed by atoms with Crippen LogP contribution < -0.4 is 5.32 Å². The highest BCUT2D eigenvalue weighted by atomic mass is 127. The van der Waals surface area contributed by atoms with E-state index in [1.54, 1.807) is 16.4 Å². The number of piperidine rings is 1. The van der Waals surface area contributed by atoms with Gasteiger partial charge in [-0.05, 0) is 77.2 Å². The Bertz CT molecular complexity index is 1200. The fourth-order valence-corrected chi connectivity index (χ4v) is 6.74. The lowest BCUT2D eigenvalue weighted by molar-refractivity contribution is 0.102. The largest absolute Gasteiger partial charge is 0.298 e. The standard InChI is InChI=1S/C23H24IN3O3S2/c1-15-11-16(2)13-27(12-15)32(29,30)20-9-5-18(6-10-20)22(28)26-23-25-21(14-31-23)17-3-7-19(24)8-4-17/h3-10,14-16H,11-13H2,1-2H3,(H,25,26,28)/t15-,16-/m1/s1. The molecule has 1 N–H and O–H groups in total. The van der Waals surface area contributed by atoms with Crippen molar-refractivity contribution in [1.29, 1.82) is 0 Å². The number of carbonyl (C=O) groups is 1. The maximum atomic E-state index is 13.0. The third-order valence-electron chi connectivity index (χ3n) is 5.45. The number of nitrogens with zero attached hydrogens (tertiary/aromatic N) is 2. The molecule has 9 heteroatoms. The van der Waals surface area contributed by atoms with Gasteiger partial charge in [0.25, 0.3) is 5.91 Å². The lowest BCUT2D eigenvalue weighted by atomic mass is 9.94. The second-order valence-electron chi connectivity index (χ2n) is 8.29. The minimum atomic E-state index is -3.57. The molecule has 1 aromatic heterocycles. The summed E-state index contributed by atoms with van der Waals surface area (Å²) < 4.78 is 28.8. The molecule has 0 aliphatic carbocycles.